The molecule has 1 heterocycles. The van der Waals surface area contributed by atoms with Crippen LogP contribution in [0.15, 0.2) is 53.6 Å². The monoisotopic (exact) mass is 408 g/mol. The van der Waals surface area contributed by atoms with E-state index in [0.29, 0.717) is 21.2 Å². The number of carbonyl (C=O) groups excluding carboxylic acids is 1. The van der Waals surface area contributed by atoms with Crippen molar-refractivity contribution in [3.8, 4) is 0 Å². The number of hydrazone groups is 1. The zero-order valence-electron chi connectivity index (χ0n) is 13.4. The van der Waals surface area contributed by atoms with Gasteiger partial charge in [-0.3, -0.25) is 9.59 Å². The molecule has 3 rings (SSSR count). The summed E-state index contributed by atoms with van der Waals surface area (Å²) >= 11 is 13.6. The number of amides is 1. The number of benzene rings is 2. The third-order valence-electron chi connectivity index (χ3n) is 3.77. The highest BCUT2D eigenvalue weighted by atomic mass is 35.5. The van der Waals surface area contributed by atoms with Crippen molar-refractivity contribution in [1.82, 2.24) is 5.01 Å². The van der Waals surface area contributed by atoms with E-state index < -0.39 is 16.6 Å². The molecule has 5 nitrogen and oxygen atoms in total. The van der Waals surface area contributed by atoms with Gasteiger partial charge in [0.25, 0.3) is 5.91 Å². The van der Waals surface area contributed by atoms with Crippen LogP contribution in [0.3, 0.4) is 0 Å². The molecule has 1 amide bonds. The smallest absolute Gasteiger partial charge is 0.305 e. The molecule has 0 aromatic heterocycles. The fourth-order valence-electron chi connectivity index (χ4n) is 2.53. The van der Waals surface area contributed by atoms with E-state index in [4.69, 9.17) is 28.3 Å². The molecule has 0 radical (unpaired) electrons. The van der Waals surface area contributed by atoms with Gasteiger partial charge in [-0.15, -0.1) is 11.8 Å². The predicted molar refractivity (Wildman–Crippen MR) is 104 cm³/mol. The van der Waals surface area contributed by atoms with Gasteiger partial charge >= 0.3 is 5.97 Å². The number of carboxylic acids is 1. The van der Waals surface area contributed by atoms with Gasteiger partial charge in [-0.1, -0.05) is 59.6 Å². The molecule has 0 bridgehead atoms. The minimum Gasteiger partial charge on any atom is -0.481 e. The number of nitrogens with zero attached hydrogens (tertiary/aromatic N) is 2. The summed E-state index contributed by atoms with van der Waals surface area (Å²) in [6.45, 7) is 0. The average molecular weight is 409 g/mol. The molecule has 0 spiro atoms. The summed E-state index contributed by atoms with van der Waals surface area (Å²) < 4.78 is 0. The van der Waals surface area contributed by atoms with Crippen LogP contribution in [0.2, 0.25) is 10.0 Å². The van der Waals surface area contributed by atoms with Gasteiger partial charge in [-0.25, -0.2) is 5.01 Å². The topological polar surface area (TPSA) is 70.0 Å². The minimum absolute atomic E-state index is 0.275. The van der Waals surface area contributed by atoms with Gasteiger partial charge in [0.15, 0.2) is 0 Å². The van der Waals surface area contributed by atoms with Crippen LogP contribution in [0.5, 0.6) is 0 Å². The first-order chi connectivity index (χ1) is 12.5. The van der Waals surface area contributed by atoms with Crippen molar-refractivity contribution in [3.63, 3.8) is 0 Å². The first-order valence-corrected chi connectivity index (χ1v) is 9.40. The predicted octanol–water partition coefficient (Wildman–Crippen LogP) is 4.44. The Morgan fingerprint density at radius 2 is 1.81 bits per heavy atom. The maximum atomic E-state index is 12.7. The molecule has 134 valence electrons. The van der Waals surface area contributed by atoms with Crippen molar-refractivity contribution in [3.05, 3.63) is 69.7 Å². The second-order valence-electron chi connectivity index (χ2n) is 5.55. The lowest BCUT2D eigenvalue weighted by molar-refractivity contribution is -0.140. The van der Waals surface area contributed by atoms with Crippen molar-refractivity contribution in [1.29, 1.82) is 0 Å². The normalized spacial score (nSPS) is 20.1. The number of thioether (sulfide) groups is 1. The van der Waals surface area contributed by atoms with Crippen molar-refractivity contribution >= 4 is 53.1 Å². The van der Waals surface area contributed by atoms with Crippen molar-refractivity contribution in [2.24, 2.45) is 5.10 Å². The van der Waals surface area contributed by atoms with Gasteiger partial charge in [0, 0.05) is 21.2 Å². The Labute approximate surface area is 164 Å². The van der Waals surface area contributed by atoms with E-state index in [1.54, 1.807) is 36.4 Å². The van der Waals surface area contributed by atoms with E-state index in [2.05, 4.69) is 5.10 Å². The lowest BCUT2D eigenvalue weighted by atomic mass is 10.2. The number of carbonyl (C=O) groups is 2. The molecule has 1 saturated heterocycles. The zero-order chi connectivity index (χ0) is 18.7. The average Bonchev–Trinajstić information content (AvgIpc) is 2.90. The van der Waals surface area contributed by atoms with E-state index >= 15 is 0 Å². The van der Waals surface area contributed by atoms with Crippen LogP contribution in [0.1, 0.15) is 22.9 Å². The molecule has 0 unspecified atom stereocenters. The second kappa shape index (κ2) is 8.12. The van der Waals surface area contributed by atoms with E-state index in [9.17, 15) is 9.59 Å². The summed E-state index contributed by atoms with van der Waals surface area (Å²) in [6.07, 6.45) is 1.22. The summed E-state index contributed by atoms with van der Waals surface area (Å²) in [4.78, 5) is 23.8. The fraction of sp³-hybridized carbons (Fsp3) is 0.167. The van der Waals surface area contributed by atoms with E-state index in [-0.39, 0.29) is 12.3 Å². The highest BCUT2D eigenvalue weighted by Gasteiger charge is 2.43. The zero-order valence-corrected chi connectivity index (χ0v) is 15.7. The van der Waals surface area contributed by atoms with Gasteiger partial charge in [0.1, 0.15) is 5.37 Å². The van der Waals surface area contributed by atoms with Gasteiger partial charge < -0.3 is 5.11 Å². The molecular weight excluding hydrogens is 395 g/mol. The minimum atomic E-state index is -1.04. The highest BCUT2D eigenvalue weighted by molar-refractivity contribution is 8.01. The van der Waals surface area contributed by atoms with Crippen LogP contribution in [0, 0.1) is 0 Å². The van der Waals surface area contributed by atoms with Gasteiger partial charge in [-0.2, -0.15) is 5.10 Å². The van der Waals surface area contributed by atoms with Gasteiger partial charge in [-0.05, 0) is 12.1 Å². The first-order valence-electron chi connectivity index (χ1n) is 7.70. The van der Waals surface area contributed by atoms with E-state index in [1.165, 1.54) is 23.0 Å². The first kappa shape index (κ1) is 18.8. The molecule has 1 aliphatic heterocycles. The number of rotatable bonds is 5. The Bertz CT molecular complexity index is 875. The number of hydrogen-bond acceptors (Lipinski definition) is 4. The molecule has 8 heteroatoms. The maximum Gasteiger partial charge on any atom is 0.305 e. The Kier molecular flexibility index (Phi) is 5.86. The quantitative estimate of drug-likeness (QED) is 0.742. The Balaban J connectivity index is 1.95. The molecule has 0 saturated carbocycles. The largest absolute Gasteiger partial charge is 0.481 e. The molecular formula is C18H14Cl2N2O3S. The summed E-state index contributed by atoms with van der Waals surface area (Å²) in [5, 5.41) is 14.4. The summed E-state index contributed by atoms with van der Waals surface area (Å²) in [6, 6.07) is 14.2. The maximum absolute atomic E-state index is 12.7. The number of carboxylic acid groups (broad SMARTS) is 1. The van der Waals surface area contributed by atoms with Crippen LogP contribution >= 0.6 is 35.0 Å². The van der Waals surface area contributed by atoms with Gasteiger partial charge in [0.05, 0.1) is 17.9 Å². The number of halogens is 2. The van der Waals surface area contributed by atoms with E-state index in [0.717, 1.165) is 0 Å². The molecule has 2 aromatic carbocycles. The number of aliphatic carboxylic acids is 1. The third kappa shape index (κ3) is 4.03. The van der Waals surface area contributed by atoms with Crippen molar-refractivity contribution < 1.29 is 14.7 Å². The molecule has 2 aromatic rings. The van der Waals surface area contributed by atoms with Crippen LogP contribution in [0.4, 0.5) is 0 Å². The molecule has 1 aliphatic rings. The number of hydrogen-bond donors (Lipinski definition) is 1. The van der Waals surface area contributed by atoms with Crippen LogP contribution in [-0.2, 0) is 9.59 Å². The molecule has 26 heavy (non-hydrogen) atoms. The third-order valence-corrected chi connectivity index (χ3v) is 5.87. The molecule has 1 fully saturated rings. The SMILES string of the molecule is O=C(O)C[C@H]1S[C@@H](c2ccccc2Cl)N(/N=C/c2ccccc2Cl)C1=O. The standard InChI is InChI=1S/C18H14Cl2N2O3S/c19-13-7-3-1-5-11(13)10-21-22-17(25)15(9-16(23)24)26-18(22)12-6-2-4-8-14(12)20/h1-8,10,15,18H,9H2,(H,23,24)/b21-10+/t15-,18+/m1/s1. The van der Waals surface area contributed by atoms with Gasteiger partial charge in [0.2, 0.25) is 0 Å². The van der Waals surface area contributed by atoms with Crippen LogP contribution < -0.4 is 0 Å². The Hall–Kier alpha value is -2.02. The lowest BCUT2D eigenvalue weighted by Gasteiger charge is -2.19. The van der Waals surface area contributed by atoms with Crippen LogP contribution in [0.25, 0.3) is 0 Å². The Morgan fingerprint density at radius 3 is 2.46 bits per heavy atom. The highest BCUT2D eigenvalue weighted by Crippen LogP contribution is 2.46. The molecule has 2 atom stereocenters. The Morgan fingerprint density at radius 1 is 1.15 bits per heavy atom. The summed E-state index contributed by atoms with van der Waals surface area (Å²) in [5.41, 5.74) is 1.36. The molecule has 0 aliphatic carbocycles. The van der Waals surface area contributed by atoms with Crippen LogP contribution in [-0.4, -0.2) is 33.5 Å². The lowest BCUT2D eigenvalue weighted by Crippen LogP contribution is -2.28. The van der Waals surface area contributed by atoms with Crippen molar-refractivity contribution in [2.45, 2.75) is 17.0 Å². The van der Waals surface area contributed by atoms with E-state index in [1.807, 2.05) is 12.1 Å². The summed E-state index contributed by atoms with van der Waals surface area (Å²) in [5.74, 6) is -1.41. The molecule has 1 N–H and O–H groups in total. The van der Waals surface area contributed by atoms with Crippen molar-refractivity contribution in [2.75, 3.05) is 0 Å². The second-order valence-corrected chi connectivity index (χ2v) is 7.65. The summed E-state index contributed by atoms with van der Waals surface area (Å²) in [7, 11) is 0. The fourth-order valence-corrected chi connectivity index (χ4v) is 4.42.